The van der Waals surface area contributed by atoms with E-state index < -0.39 is 6.10 Å². The molecule has 0 saturated heterocycles. The molecule has 1 aliphatic rings. The molecule has 1 amide bonds. The second kappa shape index (κ2) is 10.2. The lowest BCUT2D eigenvalue weighted by Gasteiger charge is -2.35. The predicted molar refractivity (Wildman–Crippen MR) is 118 cm³/mol. The molecule has 1 unspecified atom stereocenters. The normalized spacial score (nSPS) is 15.1. The standard InChI is InChI=1S/C24H30N2O4/c1-4-14-30-24-20-17-26(16-19-8-6-5-7-9-19)23(28)12-13-25(15-18(2)27)21(20)10-11-22(24)29-3/h4-11,18,27H,1,12-17H2,2-3H3. The molecule has 0 bridgehead atoms. The molecule has 160 valence electrons. The highest BCUT2D eigenvalue weighted by Crippen LogP contribution is 2.40. The van der Waals surface area contributed by atoms with E-state index in [1.165, 1.54) is 0 Å². The van der Waals surface area contributed by atoms with E-state index in [4.69, 9.17) is 9.47 Å². The summed E-state index contributed by atoms with van der Waals surface area (Å²) in [6, 6.07) is 13.8. The molecule has 1 atom stereocenters. The van der Waals surface area contributed by atoms with Gasteiger partial charge in [-0.1, -0.05) is 43.0 Å². The number of nitrogens with zero attached hydrogens (tertiary/aromatic N) is 2. The van der Waals surface area contributed by atoms with Crippen LogP contribution in [0.15, 0.2) is 55.1 Å². The maximum absolute atomic E-state index is 13.0. The van der Waals surface area contributed by atoms with Crippen molar-refractivity contribution >= 4 is 11.6 Å². The van der Waals surface area contributed by atoms with E-state index in [9.17, 15) is 9.90 Å². The molecule has 3 rings (SSSR count). The first-order valence-electron chi connectivity index (χ1n) is 10.2. The number of hydrogen-bond donors (Lipinski definition) is 1. The maximum atomic E-state index is 13.0. The Bertz CT molecular complexity index is 867. The average molecular weight is 411 g/mol. The van der Waals surface area contributed by atoms with Crippen molar-refractivity contribution in [2.24, 2.45) is 0 Å². The Hall–Kier alpha value is -2.99. The Morgan fingerprint density at radius 1 is 1.20 bits per heavy atom. The number of aliphatic hydroxyl groups is 1. The van der Waals surface area contributed by atoms with Crippen LogP contribution in [0, 0.1) is 0 Å². The molecule has 1 N–H and O–H groups in total. The van der Waals surface area contributed by atoms with Gasteiger partial charge in [-0.15, -0.1) is 0 Å². The third kappa shape index (κ3) is 5.13. The number of rotatable bonds is 8. The van der Waals surface area contributed by atoms with Crippen LogP contribution < -0.4 is 14.4 Å². The second-order valence-electron chi connectivity index (χ2n) is 7.47. The molecule has 0 aliphatic carbocycles. The summed E-state index contributed by atoms with van der Waals surface area (Å²) in [7, 11) is 1.60. The number of ether oxygens (including phenoxy) is 2. The molecule has 0 fully saturated rings. The van der Waals surface area contributed by atoms with Gasteiger partial charge in [-0.3, -0.25) is 4.79 Å². The lowest BCUT2D eigenvalue weighted by atomic mass is 10.0. The van der Waals surface area contributed by atoms with Crippen molar-refractivity contribution in [2.45, 2.75) is 32.5 Å². The molecule has 2 aromatic carbocycles. The third-order valence-electron chi connectivity index (χ3n) is 5.10. The van der Waals surface area contributed by atoms with E-state index >= 15 is 0 Å². The van der Waals surface area contributed by atoms with Crippen molar-refractivity contribution in [2.75, 3.05) is 31.7 Å². The highest BCUT2D eigenvalue weighted by Gasteiger charge is 2.27. The zero-order valence-electron chi connectivity index (χ0n) is 17.7. The van der Waals surface area contributed by atoms with Gasteiger partial charge in [0.25, 0.3) is 0 Å². The van der Waals surface area contributed by atoms with Crippen LogP contribution in [0.3, 0.4) is 0 Å². The van der Waals surface area contributed by atoms with E-state index in [1.807, 2.05) is 47.4 Å². The Morgan fingerprint density at radius 3 is 2.63 bits per heavy atom. The van der Waals surface area contributed by atoms with Crippen molar-refractivity contribution in [3.63, 3.8) is 0 Å². The predicted octanol–water partition coefficient (Wildman–Crippen LogP) is 3.38. The number of carbonyl (C=O) groups excluding carboxylic acids is 1. The molecule has 6 nitrogen and oxygen atoms in total. The van der Waals surface area contributed by atoms with Crippen LogP contribution in [0.4, 0.5) is 5.69 Å². The smallest absolute Gasteiger partial charge is 0.224 e. The summed E-state index contributed by atoms with van der Waals surface area (Å²) in [6.45, 7) is 7.69. The Morgan fingerprint density at radius 2 is 1.97 bits per heavy atom. The molecule has 30 heavy (non-hydrogen) atoms. The van der Waals surface area contributed by atoms with E-state index in [-0.39, 0.29) is 5.91 Å². The molecular formula is C24H30N2O4. The molecule has 1 aliphatic heterocycles. The Kier molecular flexibility index (Phi) is 7.36. The van der Waals surface area contributed by atoms with Crippen molar-refractivity contribution in [3.8, 4) is 11.5 Å². The first-order chi connectivity index (χ1) is 14.5. The highest BCUT2D eigenvalue weighted by molar-refractivity contribution is 5.79. The van der Waals surface area contributed by atoms with Gasteiger partial charge in [0.2, 0.25) is 5.91 Å². The molecular weight excluding hydrogens is 380 g/mol. The van der Waals surface area contributed by atoms with Crippen LogP contribution in [0.25, 0.3) is 0 Å². The van der Waals surface area contributed by atoms with Crippen LogP contribution in [-0.2, 0) is 17.9 Å². The monoisotopic (exact) mass is 410 g/mol. The minimum atomic E-state index is -0.521. The van der Waals surface area contributed by atoms with Crippen molar-refractivity contribution < 1.29 is 19.4 Å². The van der Waals surface area contributed by atoms with Gasteiger partial charge in [-0.25, -0.2) is 0 Å². The molecule has 0 saturated carbocycles. The summed E-state index contributed by atoms with van der Waals surface area (Å²) in [5.74, 6) is 1.29. The summed E-state index contributed by atoms with van der Waals surface area (Å²) in [6.07, 6.45) is 1.54. The quantitative estimate of drug-likeness (QED) is 0.676. The minimum absolute atomic E-state index is 0.0672. The summed E-state index contributed by atoms with van der Waals surface area (Å²) < 4.78 is 11.5. The lowest BCUT2D eigenvalue weighted by molar-refractivity contribution is -0.132. The van der Waals surface area contributed by atoms with Crippen LogP contribution in [0.1, 0.15) is 24.5 Å². The van der Waals surface area contributed by atoms with Gasteiger partial charge in [-0.2, -0.15) is 0 Å². The lowest BCUT2D eigenvalue weighted by Crippen LogP contribution is -2.40. The first-order valence-corrected chi connectivity index (χ1v) is 10.2. The molecule has 2 aromatic rings. The van der Waals surface area contributed by atoms with Gasteiger partial charge < -0.3 is 24.4 Å². The van der Waals surface area contributed by atoms with Crippen LogP contribution in [0.2, 0.25) is 0 Å². The topological polar surface area (TPSA) is 62.2 Å². The van der Waals surface area contributed by atoms with Gasteiger partial charge in [0, 0.05) is 37.3 Å². The number of hydrogen-bond acceptors (Lipinski definition) is 5. The zero-order valence-corrected chi connectivity index (χ0v) is 17.7. The molecule has 0 spiro atoms. The zero-order chi connectivity index (χ0) is 21.5. The van der Waals surface area contributed by atoms with Crippen molar-refractivity contribution in [3.05, 3.63) is 66.2 Å². The van der Waals surface area contributed by atoms with Crippen molar-refractivity contribution in [1.29, 1.82) is 0 Å². The van der Waals surface area contributed by atoms with Gasteiger partial charge in [0.05, 0.1) is 19.8 Å². The number of carbonyl (C=O) groups is 1. The summed E-state index contributed by atoms with van der Waals surface area (Å²) in [4.78, 5) is 16.9. The fourth-order valence-electron chi connectivity index (χ4n) is 3.75. The van der Waals surface area contributed by atoms with E-state index in [1.54, 1.807) is 20.1 Å². The van der Waals surface area contributed by atoms with Gasteiger partial charge in [0.1, 0.15) is 6.61 Å². The van der Waals surface area contributed by atoms with Crippen LogP contribution in [0.5, 0.6) is 11.5 Å². The fourth-order valence-corrected chi connectivity index (χ4v) is 3.75. The summed E-state index contributed by atoms with van der Waals surface area (Å²) >= 11 is 0. The first kappa shape index (κ1) is 21.7. The minimum Gasteiger partial charge on any atom is -0.493 e. The summed E-state index contributed by atoms with van der Waals surface area (Å²) in [5.41, 5.74) is 2.90. The van der Waals surface area contributed by atoms with E-state index in [0.29, 0.717) is 50.7 Å². The average Bonchev–Trinajstić information content (AvgIpc) is 2.74. The number of amides is 1. The number of anilines is 1. The van der Waals surface area contributed by atoms with Gasteiger partial charge >= 0.3 is 0 Å². The maximum Gasteiger partial charge on any atom is 0.224 e. The van der Waals surface area contributed by atoms with Gasteiger partial charge in [0.15, 0.2) is 11.5 Å². The molecule has 0 aromatic heterocycles. The van der Waals surface area contributed by atoms with E-state index in [0.717, 1.165) is 16.8 Å². The van der Waals surface area contributed by atoms with Crippen LogP contribution >= 0.6 is 0 Å². The highest BCUT2D eigenvalue weighted by atomic mass is 16.5. The molecule has 1 heterocycles. The fraction of sp³-hybridized carbons (Fsp3) is 0.375. The van der Waals surface area contributed by atoms with Gasteiger partial charge in [-0.05, 0) is 24.6 Å². The number of benzene rings is 2. The molecule has 6 heteroatoms. The van der Waals surface area contributed by atoms with Crippen LogP contribution in [-0.4, -0.2) is 48.8 Å². The Labute approximate surface area is 178 Å². The van der Waals surface area contributed by atoms with Crippen molar-refractivity contribution in [1.82, 2.24) is 4.90 Å². The third-order valence-corrected chi connectivity index (χ3v) is 5.10. The van der Waals surface area contributed by atoms with E-state index in [2.05, 4.69) is 11.5 Å². The SMILES string of the molecule is C=CCOc1c(OC)ccc2c1CN(Cc1ccccc1)C(=O)CCN2CC(C)O. The Balaban J connectivity index is 2.05. The molecule has 0 radical (unpaired) electrons. The number of methoxy groups -OCH3 is 1. The largest absolute Gasteiger partial charge is 0.493 e. The number of fused-ring (bicyclic) bond motifs is 1. The number of aliphatic hydroxyl groups excluding tert-OH is 1. The second-order valence-corrected chi connectivity index (χ2v) is 7.47. The number of β-amino-alcohol motifs (C(OH)–C–C–N with tert-alkyl or cyclic N) is 1. The summed E-state index contributed by atoms with van der Waals surface area (Å²) in [5, 5.41) is 10.0.